The van der Waals surface area contributed by atoms with Crippen LogP contribution in [0.1, 0.15) is 13.3 Å². The van der Waals surface area contributed by atoms with Crippen LogP contribution in [0.4, 0.5) is 5.82 Å². The van der Waals surface area contributed by atoms with Gasteiger partial charge in [-0.15, -0.1) is 5.92 Å². The first-order chi connectivity index (χ1) is 9.54. The molecule has 0 radical (unpaired) electrons. The second kappa shape index (κ2) is 6.48. The van der Waals surface area contributed by atoms with Crippen LogP contribution in [-0.2, 0) is 9.71 Å². The fraction of sp³-hybridized carbons (Fsp3) is 0.462. The van der Waals surface area contributed by atoms with Crippen LogP contribution in [0.2, 0.25) is 0 Å². The summed E-state index contributed by atoms with van der Waals surface area (Å²) in [4.78, 5) is 8.42. The van der Waals surface area contributed by atoms with Crippen molar-refractivity contribution in [3.05, 3.63) is 12.4 Å². The van der Waals surface area contributed by atoms with E-state index in [9.17, 15) is 4.21 Å². The Balaban J connectivity index is 2.10. The number of aromatic nitrogens is 2. The smallest absolute Gasteiger partial charge is 0.151 e. The maximum Gasteiger partial charge on any atom is 0.151 e. The van der Waals surface area contributed by atoms with Crippen LogP contribution in [0.3, 0.4) is 0 Å². The molecule has 1 aromatic rings. The summed E-state index contributed by atoms with van der Waals surface area (Å²) < 4.78 is 14.6. The van der Waals surface area contributed by atoms with Crippen LogP contribution in [0, 0.1) is 11.8 Å². The molecule has 1 aliphatic heterocycles. The maximum atomic E-state index is 12.7. The zero-order chi connectivity index (χ0) is 14.6. The maximum absolute atomic E-state index is 12.7. The lowest BCUT2D eigenvalue weighted by molar-refractivity contribution is 0.531. The minimum Gasteiger partial charge on any atom is -0.358 e. The molecular weight excluding hydrogens is 292 g/mol. The third kappa shape index (κ3) is 3.45. The molecular formula is C13H18N4OS2. The second-order valence-electron chi connectivity index (χ2n) is 4.49. The highest BCUT2D eigenvalue weighted by Crippen LogP contribution is 2.22. The van der Waals surface area contributed by atoms with Gasteiger partial charge in [0, 0.05) is 18.3 Å². The van der Waals surface area contributed by atoms with E-state index < -0.39 is 9.71 Å². The normalized spacial score (nSPS) is 21.8. The van der Waals surface area contributed by atoms with Gasteiger partial charge in [-0.3, -0.25) is 0 Å². The van der Waals surface area contributed by atoms with Crippen LogP contribution in [0.5, 0.6) is 0 Å². The van der Waals surface area contributed by atoms with E-state index in [0.29, 0.717) is 23.9 Å². The molecule has 2 rings (SSSR count). The van der Waals surface area contributed by atoms with Crippen LogP contribution < -0.4 is 5.32 Å². The van der Waals surface area contributed by atoms with E-state index in [1.807, 2.05) is 4.31 Å². The topological polar surface area (TPSA) is 58.1 Å². The molecule has 1 aromatic heterocycles. The lowest BCUT2D eigenvalue weighted by Gasteiger charge is -2.19. The lowest BCUT2D eigenvalue weighted by Crippen LogP contribution is -2.29. The molecule has 20 heavy (non-hydrogen) atoms. The van der Waals surface area contributed by atoms with E-state index in [0.717, 1.165) is 13.0 Å². The molecule has 2 unspecified atom stereocenters. The SMILES string of the molecule is C=S(=O)(c1cnc(NCC#CC)cn1)N1CCC(S)C1. The summed E-state index contributed by atoms with van der Waals surface area (Å²) in [6.45, 7) is 3.68. The second-order valence-corrected chi connectivity index (χ2v) is 7.44. The molecule has 7 heteroatoms. The van der Waals surface area contributed by atoms with Crippen LogP contribution >= 0.6 is 12.6 Å². The van der Waals surface area contributed by atoms with Gasteiger partial charge >= 0.3 is 0 Å². The first-order valence-corrected chi connectivity index (χ1v) is 8.50. The summed E-state index contributed by atoms with van der Waals surface area (Å²) >= 11 is 4.41. The van der Waals surface area contributed by atoms with E-state index in [1.54, 1.807) is 13.1 Å². The number of thiol groups is 1. The van der Waals surface area contributed by atoms with Gasteiger partial charge in [0.25, 0.3) is 0 Å². The Bertz CT molecular complexity index is 616. The average molecular weight is 310 g/mol. The molecule has 0 amide bonds. The van der Waals surface area contributed by atoms with Crippen molar-refractivity contribution in [2.45, 2.75) is 23.6 Å². The summed E-state index contributed by atoms with van der Waals surface area (Å²) in [5.41, 5.74) is 0. The molecule has 1 fully saturated rings. The van der Waals surface area contributed by atoms with E-state index in [2.05, 4.69) is 45.6 Å². The van der Waals surface area contributed by atoms with Gasteiger partial charge in [0.1, 0.15) is 5.82 Å². The standard InChI is InChI=1S/C13H18N4OS2/c1-3-4-6-14-12-8-16-13(9-15-12)20(2,18)17-7-5-11(19)10-17/h8-9,11,19H,2,5-7,10H2,1H3,(H,14,15). The monoisotopic (exact) mass is 310 g/mol. The number of hydrogen-bond acceptors (Lipinski definition) is 5. The van der Waals surface area contributed by atoms with E-state index in [4.69, 9.17) is 0 Å². The highest BCUT2D eigenvalue weighted by molar-refractivity contribution is 7.98. The van der Waals surface area contributed by atoms with Gasteiger partial charge in [0.15, 0.2) is 5.03 Å². The predicted molar refractivity (Wildman–Crippen MR) is 86.5 cm³/mol. The first kappa shape index (κ1) is 15.2. The summed E-state index contributed by atoms with van der Waals surface area (Å²) in [7, 11) is -2.56. The van der Waals surface area contributed by atoms with Gasteiger partial charge in [-0.05, 0) is 19.2 Å². The highest BCUT2D eigenvalue weighted by Gasteiger charge is 2.27. The molecule has 2 heterocycles. The summed E-state index contributed by atoms with van der Waals surface area (Å²) in [6.07, 6.45) is 3.99. The Hall–Kier alpha value is -1.23. The predicted octanol–water partition coefficient (Wildman–Crippen LogP) is 0.906. The molecule has 0 bridgehead atoms. The molecule has 1 saturated heterocycles. The number of rotatable bonds is 4. The average Bonchev–Trinajstić information content (AvgIpc) is 2.87. The van der Waals surface area contributed by atoms with Crippen LogP contribution in [0.15, 0.2) is 17.4 Å². The van der Waals surface area contributed by atoms with Gasteiger partial charge in [0.2, 0.25) is 0 Å². The zero-order valence-corrected chi connectivity index (χ0v) is 13.1. The lowest BCUT2D eigenvalue weighted by atomic mass is 10.4. The van der Waals surface area contributed by atoms with Gasteiger partial charge in [-0.2, -0.15) is 12.6 Å². The van der Waals surface area contributed by atoms with Crippen molar-refractivity contribution in [3.8, 4) is 11.8 Å². The molecule has 2 atom stereocenters. The molecule has 0 spiro atoms. The van der Waals surface area contributed by atoms with Crippen molar-refractivity contribution in [3.63, 3.8) is 0 Å². The fourth-order valence-corrected chi connectivity index (χ4v) is 3.85. The molecule has 1 N–H and O–H groups in total. The van der Waals surface area contributed by atoms with E-state index in [-0.39, 0.29) is 5.25 Å². The minimum absolute atomic E-state index is 0.249. The third-order valence-corrected chi connectivity index (χ3v) is 5.48. The minimum atomic E-state index is -2.56. The highest BCUT2D eigenvalue weighted by atomic mass is 32.2. The van der Waals surface area contributed by atoms with E-state index in [1.165, 1.54) is 6.20 Å². The molecule has 0 aliphatic carbocycles. The Kier molecular flexibility index (Phi) is 4.91. The summed E-state index contributed by atoms with van der Waals surface area (Å²) in [5.74, 6) is 10.1. The Labute approximate surface area is 125 Å². The molecule has 5 nitrogen and oxygen atoms in total. The van der Waals surface area contributed by atoms with Gasteiger partial charge in [-0.1, -0.05) is 5.92 Å². The van der Waals surface area contributed by atoms with Crippen molar-refractivity contribution in [2.24, 2.45) is 0 Å². The van der Waals surface area contributed by atoms with Gasteiger partial charge < -0.3 is 5.32 Å². The van der Waals surface area contributed by atoms with Gasteiger partial charge in [-0.25, -0.2) is 18.5 Å². The van der Waals surface area contributed by atoms with Crippen molar-refractivity contribution < 1.29 is 4.21 Å². The third-order valence-electron chi connectivity index (χ3n) is 3.03. The first-order valence-electron chi connectivity index (χ1n) is 6.30. The van der Waals surface area contributed by atoms with Crippen LogP contribution in [-0.4, -0.2) is 49.2 Å². The van der Waals surface area contributed by atoms with Crippen molar-refractivity contribution in [1.82, 2.24) is 14.3 Å². The van der Waals surface area contributed by atoms with Gasteiger partial charge in [0.05, 0.1) is 28.6 Å². The number of anilines is 1. The van der Waals surface area contributed by atoms with E-state index >= 15 is 0 Å². The quantitative estimate of drug-likeness (QED) is 0.493. The molecule has 0 aromatic carbocycles. The van der Waals surface area contributed by atoms with Crippen molar-refractivity contribution >= 4 is 34.0 Å². The zero-order valence-electron chi connectivity index (χ0n) is 11.4. The fourth-order valence-electron chi connectivity index (χ4n) is 1.91. The van der Waals surface area contributed by atoms with Crippen molar-refractivity contribution in [2.75, 3.05) is 25.0 Å². The number of hydrogen-bond donors (Lipinski definition) is 2. The molecule has 1 aliphatic rings. The number of nitrogens with one attached hydrogen (secondary N) is 1. The Morgan fingerprint density at radius 1 is 1.60 bits per heavy atom. The molecule has 0 saturated carbocycles. The summed E-state index contributed by atoms with van der Waals surface area (Å²) in [5, 5.41) is 3.67. The Morgan fingerprint density at radius 3 is 2.95 bits per heavy atom. The van der Waals surface area contributed by atoms with Crippen LogP contribution in [0.25, 0.3) is 0 Å². The Morgan fingerprint density at radius 2 is 2.40 bits per heavy atom. The largest absolute Gasteiger partial charge is 0.358 e. The van der Waals surface area contributed by atoms with Crippen molar-refractivity contribution in [1.29, 1.82) is 0 Å². The molecule has 108 valence electrons. The number of nitrogens with zero attached hydrogens (tertiary/aromatic N) is 3. The summed E-state index contributed by atoms with van der Waals surface area (Å²) in [6, 6.07) is 0.